The maximum Gasteiger partial charge on any atom is 0.290 e. The Morgan fingerprint density at radius 1 is 1.12 bits per heavy atom. The van der Waals surface area contributed by atoms with Crippen LogP contribution < -0.4 is 10.2 Å². The van der Waals surface area contributed by atoms with Gasteiger partial charge >= 0.3 is 0 Å². The summed E-state index contributed by atoms with van der Waals surface area (Å²) in [4.78, 5) is 27.4. The van der Waals surface area contributed by atoms with Crippen LogP contribution in [0.4, 0.5) is 0 Å². The fourth-order valence-corrected chi connectivity index (χ4v) is 3.50. The van der Waals surface area contributed by atoms with Crippen LogP contribution in [0.2, 0.25) is 0 Å². The third-order valence-electron chi connectivity index (χ3n) is 4.76. The zero-order valence-electron chi connectivity index (χ0n) is 14.9. The zero-order chi connectivity index (χ0) is 18.4. The van der Waals surface area contributed by atoms with Crippen LogP contribution in [-0.2, 0) is 0 Å². The Morgan fingerprint density at radius 3 is 2.54 bits per heavy atom. The highest BCUT2D eigenvalue weighted by Gasteiger charge is 2.40. The molecule has 1 aromatic heterocycles. The minimum Gasteiger partial charge on any atom is -0.494 e. The van der Waals surface area contributed by atoms with E-state index in [0.29, 0.717) is 23.1 Å². The van der Waals surface area contributed by atoms with Crippen molar-refractivity contribution >= 4 is 16.9 Å². The van der Waals surface area contributed by atoms with Gasteiger partial charge in [-0.05, 0) is 43.7 Å². The van der Waals surface area contributed by atoms with Gasteiger partial charge in [0, 0.05) is 7.05 Å². The Morgan fingerprint density at radius 2 is 1.85 bits per heavy atom. The smallest absolute Gasteiger partial charge is 0.290 e. The number of hydrogen-bond acceptors (Lipinski definition) is 4. The maximum absolute atomic E-state index is 13.2. The molecule has 0 fully saturated rings. The van der Waals surface area contributed by atoms with Crippen LogP contribution in [0.5, 0.6) is 5.75 Å². The monoisotopic (exact) mass is 349 g/mol. The number of carbonyl (C=O) groups is 1. The van der Waals surface area contributed by atoms with Gasteiger partial charge in [-0.25, -0.2) is 0 Å². The van der Waals surface area contributed by atoms with E-state index in [1.54, 1.807) is 24.1 Å². The quantitative estimate of drug-likeness (QED) is 0.724. The summed E-state index contributed by atoms with van der Waals surface area (Å²) in [6.07, 6.45) is 0. The molecule has 5 nitrogen and oxygen atoms in total. The van der Waals surface area contributed by atoms with Gasteiger partial charge in [-0.2, -0.15) is 0 Å². The first-order chi connectivity index (χ1) is 12.5. The lowest BCUT2D eigenvalue weighted by atomic mass is 9.98. The summed E-state index contributed by atoms with van der Waals surface area (Å²) in [5, 5.41) is 0.503. The standard InChI is InChI=1S/C21H19NO4/c1-4-25-14-8-6-13(7-9-14)18-17-19(23)15-11-12(2)5-10-16(15)26-20(17)21(24)22(18)3/h5-11,18H,4H2,1-3H3. The number of fused-ring (bicyclic) bond motifs is 2. The van der Waals surface area contributed by atoms with E-state index in [2.05, 4.69) is 0 Å². The molecule has 1 amide bonds. The molecule has 132 valence electrons. The summed E-state index contributed by atoms with van der Waals surface area (Å²) in [5.74, 6) is 0.607. The number of hydrogen-bond donors (Lipinski definition) is 0. The van der Waals surface area contributed by atoms with Gasteiger partial charge in [-0.3, -0.25) is 9.59 Å². The Hall–Kier alpha value is -3.08. The SMILES string of the molecule is CCOc1ccc(C2c3c(oc4ccc(C)cc4c3=O)C(=O)N2C)cc1. The number of aryl methyl sites for hydroxylation is 1. The lowest BCUT2D eigenvalue weighted by molar-refractivity contribution is 0.0771. The fraction of sp³-hybridized carbons (Fsp3) is 0.238. The van der Waals surface area contributed by atoms with Crippen LogP contribution in [0.1, 0.15) is 40.2 Å². The second-order valence-corrected chi connectivity index (χ2v) is 6.49. The van der Waals surface area contributed by atoms with E-state index >= 15 is 0 Å². The van der Waals surface area contributed by atoms with Gasteiger partial charge in [-0.1, -0.05) is 23.8 Å². The van der Waals surface area contributed by atoms with Gasteiger partial charge < -0.3 is 14.1 Å². The number of ether oxygens (including phenoxy) is 1. The Bertz CT molecular complexity index is 1070. The van der Waals surface area contributed by atoms with Crippen molar-refractivity contribution in [3.63, 3.8) is 0 Å². The summed E-state index contributed by atoms with van der Waals surface area (Å²) in [6, 6.07) is 12.4. The number of carbonyl (C=O) groups excluding carboxylic acids is 1. The molecule has 1 atom stereocenters. The largest absolute Gasteiger partial charge is 0.494 e. The van der Waals surface area contributed by atoms with Crippen LogP contribution in [0, 0.1) is 6.92 Å². The van der Waals surface area contributed by atoms with Crippen molar-refractivity contribution in [3.8, 4) is 5.75 Å². The van der Waals surface area contributed by atoms with Crippen LogP contribution in [-0.4, -0.2) is 24.5 Å². The van der Waals surface area contributed by atoms with Crippen LogP contribution in [0.25, 0.3) is 11.0 Å². The van der Waals surface area contributed by atoms with Crippen LogP contribution in [0.15, 0.2) is 51.7 Å². The molecule has 3 aromatic rings. The predicted molar refractivity (Wildman–Crippen MR) is 98.8 cm³/mol. The van der Waals surface area contributed by atoms with Crippen molar-refractivity contribution in [2.24, 2.45) is 0 Å². The Kier molecular flexibility index (Phi) is 3.80. The highest BCUT2D eigenvalue weighted by Crippen LogP contribution is 2.37. The highest BCUT2D eigenvalue weighted by molar-refractivity contribution is 5.98. The molecule has 1 unspecified atom stereocenters. The first kappa shape index (κ1) is 16.4. The van der Waals surface area contributed by atoms with Gasteiger partial charge in [0.15, 0.2) is 5.43 Å². The highest BCUT2D eigenvalue weighted by atomic mass is 16.5. The molecule has 0 bridgehead atoms. The van der Waals surface area contributed by atoms with Crippen molar-refractivity contribution in [2.75, 3.05) is 13.7 Å². The number of amides is 1. The van der Waals surface area contributed by atoms with Crippen molar-refractivity contribution in [3.05, 3.63) is 75.1 Å². The lowest BCUT2D eigenvalue weighted by Gasteiger charge is -2.20. The number of rotatable bonds is 3. The van der Waals surface area contributed by atoms with Gasteiger partial charge in [0.05, 0.1) is 23.6 Å². The van der Waals surface area contributed by atoms with E-state index in [1.807, 2.05) is 44.2 Å². The second kappa shape index (κ2) is 6.02. The summed E-state index contributed by atoms with van der Waals surface area (Å²) in [7, 11) is 1.69. The van der Waals surface area contributed by atoms with E-state index in [0.717, 1.165) is 16.9 Å². The third kappa shape index (κ3) is 2.39. The third-order valence-corrected chi connectivity index (χ3v) is 4.76. The summed E-state index contributed by atoms with van der Waals surface area (Å²) >= 11 is 0. The van der Waals surface area contributed by atoms with Gasteiger partial charge in [0.25, 0.3) is 5.91 Å². The average molecular weight is 349 g/mol. The summed E-state index contributed by atoms with van der Waals surface area (Å²) < 4.78 is 11.3. The van der Waals surface area contributed by atoms with E-state index in [1.165, 1.54) is 0 Å². The van der Waals surface area contributed by atoms with Gasteiger partial charge in [0.1, 0.15) is 11.3 Å². The average Bonchev–Trinajstić information content (AvgIpc) is 2.89. The lowest BCUT2D eigenvalue weighted by Crippen LogP contribution is -2.25. The van der Waals surface area contributed by atoms with E-state index in [-0.39, 0.29) is 17.1 Å². The molecule has 0 radical (unpaired) electrons. The minimum absolute atomic E-state index is 0.132. The molecule has 1 aliphatic heterocycles. The Balaban J connectivity index is 1.91. The van der Waals surface area contributed by atoms with E-state index in [9.17, 15) is 9.59 Å². The Labute approximate surface area is 150 Å². The van der Waals surface area contributed by atoms with Gasteiger partial charge in [0.2, 0.25) is 5.76 Å². The van der Waals surface area contributed by atoms with Crippen LogP contribution >= 0.6 is 0 Å². The maximum atomic E-state index is 13.2. The fourth-order valence-electron chi connectivity index (χ4n) is 3.50. The van der Waals surface area contributed by atoms with Crippen molar-refractivity contribution in [1.82, 2.24) is 4.90 Å². The predicted octanol–water partition coefficient (Wildman–Crippen LogP) is 3.68. The molecule has 0 aliphatic carbocycles. The first-order valence-electron chi connectivity index (χ1n) is 8.58. The molecule has 2 aromatic carbocycles. The second-order valence-electron chi connectivity index (χ2n) is 6.49. The number of nitrogens with zero attached hydrogens (tertiary/aromatic N) is 1. The van der Waals surface area contributed by atoms with E-state index in [4.69, 9.17) is 9.15 Å². The molecule has 1 aliphatic rings. The summed E-state index contributed by atoms with van der Waals surface area (Å²) in [5.41, 5.74) is 2.51. The summed E-state index contributed by atoms with van der Waals surface area (Å²) in [6.45, 7) is 4.43. The molecule has 5 heteroatoms. The molecule has 0 saturated carbocycles. The molecule has 2 heterocycles. The van der Waals surface area contributed by atoms with Crippen molar-refractivity contribution in [1.29, 1.82) is 0 Å². The zero-order valence-corrected chi connectivity index (χ0v) is 14.9. The van der Waals surface area contributed by atoms with Crippen molar-refractivity contribution in [2.45, 2.75) is 19.9 Å². The molecule has 26 heavy (non-hydrogen) atoms. The normalized spacial score (nSPS) is 16.2. The van der Waals surface area contributed by atoms with Crippen LogP contribution in [0.3, 0.4) is 0 Å². The minimum atomic E-state index is -0.464. The van der Waals surface area contributed by atoms with Gasteiger partial charge in [-0.15, -0.1) is 0 Å². The molecule has 4 rings (SSSR count). The first-order valence-corrected chi connectivity index (χ1v) is 8.58. The molecule has 0 spiro atoms. The van der Waals surface area contributed by atoms with Crippen molar-refractivity contribution < 1.29 is 13.9 Å². The molecular formula is C21H19NO4. The molecule has 0 saturated heterocycles. The number of benzene rings is 2. The molecule has 0 N–H and O–H groups in total. The molecular weight excluding hydrogens is 330 g/mol. The topological polar surface area (TPSA) is 59.8 Å². The van der Waals surface area contributed by atoms with E-state index < -0.39 is 6.04 Å².